The minimum absolute atomic E-state index is 0. The van der Waals surface area contributed by atoms with E-state index >= 15 is 0 Å². The Bertz CT molecular complexity index is 22.8. The molecule has 0 aliphatic heterocycles. The molecule has 0 aromatic heterocycles. The third kappa shape index (κ3) is 6670. The first-order chi connectivity index (χ1) is 4.24. The van der Waals surface area contributed by atoms with Crippen LogP contribution in [-0.4, -0.2) is 19.6 Å². The monoisotopic (exact) mass is 195 g/mol. The first kappa shape index (κ1) is 41.3. The SMILES string of the molecule is CCN.CCN.CCN.F.F.F. The van der Waals surface area contributed by atoms with Crippen LogP contribution in [0.15, 0.2) is 0 Å². The molecular formula is C6H24F3N3. The first-order valence-electron chi connectivity index (χ1n) is 3.35. The molecule has 0 heterocycles. The van der Waals surface area contributed by atoms with Gasteiger partial charge in [0.05, 0.1) is 0 Å². The Labute approximate surface area is 72.8 Å². The van der Waals surface area contributed by atoms with Gasteiger partial charge in [-0.1, -0.05) is 20.8 Å². The summed E-state index contributed by atoms with van der Waals surface area (Å²) in [6, 6.07) is 0. The molecule has 0 bridgehead atoms. The van der Waals surface area contributed by atoms with Crippen LogP contribution in [0.1, 0.15) is 20.8 Å². The van der Waals surface area contributed by atoms with E-state index in [0.29, 0.717) is 0 Å². The van der Waals surface area contributed by atoms with Crippen LogP contribution in [0.3, 0.4) is 0 Å². The Hall–Kier alpha value is -0.330. The van der Waals surface area contributed by atoms with Crippen LogP contribution in [-0.2, 0) is 0 Å². The summed E-state index contributed by atoms with van der Waals surface area (Å²) in [7, 11) is 0. The van der Waals surface area contributed by atoms with Gasteiger partial charge in [-0.25, -0.2) is 0 Å². The van der Waals surface area contributed by atoms with Crippen molar-refractivity contribution >= 4 is 0 Å². The van der Waals surface area contributed by atoms with Crippen molar-refractivity contribution in [2.24, 2.45) is 17.2 Å². The standard InChI is InChI=1S/3C2H7N.3FH/c3*1-2-3;;;/h3*2-3H2,1H3;3*1H. The van der Waals surface area contributed by atoms with Crippen LogP contribution in [0.2, 0.25) is 0 Å². The normalized spacial score (nSPS) is 4.50. The van der Waals surface area contributed by atoms with E-state index in [-0.39, 0.29) is 14.1 Å². The highest BCUT2D eigenvalue weighted by atomic mass is 19.0. The number of hydrogen-bond donors (Lipinski definition) is 3. The zero-order valence-electron chi connectivity index (χ0n) is 8.08. The van der Waals surface area contributed by atoms with E-state index in [1.807, 2.05) is 20.8 Å². The molecule has 6 heteroatoms. The minimum Gasteiger partial charge on any atom is -0.331 e. The summed E-state index contributed by atoms with van der Waals surface area (Å²) in [4.78, 5) is 0. The van der Waals surface area contributed by atoms with Crippen molar-refractivity contribution in [2.45, 2.75) is 20.8 Å². The van der Waals surface area contributed by atoms with E-state index in [0.717, 1.165) is 19.6 Å². The van der Waals surface area contributed by atoms with E-state index < -0.39 is 0 Å². The number of hydrogen-bond acceptors (Lipinski definition) is 3. The first-order valence-corrected chi connectivity index (χ1v) is 3.35. The van der Waals surface area contributed by atoms with Crippen molar-refractivity contribution < 1.29 is 14.1 Å². The van der Waals surface area contributed by atoms with Crippen molar-refractivity contribution in [3.63, 3.8) is 0 Å². The van der Waals surface area contributed by atoms with Crippen LogP contribution >= 0.6 is 0 Å². The van der Waals surface area contributed by atoms with E-state index in [9.17, 15) is 0 Å². The summed E-state index contributed by atoms with van der Waals surface area (Å²) >= 11 is 0. The lowest BCUT2D eigenvalue weighted by Crippen LogP contribution is -1.87. The van der Waals surface area contributed by atoms with Crippen molar-refractivity contribution in [1.82, 2.24) is 0 Å². The van der Waals surface area contributed by atoms with Gasteiger partial charge in [-0.15, -0.1) is 0 Å². The maximum atomic E-state index is 4.85. The fourth-order valence-electron chi connectivity index (χ4n) is 0. The van der Waals surface area contributed by atoms with Gasteiger partial charge in [-0.2, -0.15) is 0 Å². The van der Waals surface area contributed by atoms with Crippen LogP contribution in [0.25, 0.3) is 0 Å². The molecule has 0 radical (unpaired) electrons. The summed E-state index contributed by atoms with van der Waals surface area (Å²) in [6.07, 6.45) is 0. The third-order valence-electron chi connectivity index (χ3n) is 0. The molecule has 84 valence electrons. The Morgan fingerprint density at radius 3 is 0.583 bits per heavy atom. The second-order valence-corrected chi connectivity index (χ2v) is 1.22. The molecular weight excluding hydrogens is 171 g/mol. The minimum atomic E-state index is 0. The highest BCUT2D eigenvalue weighted by Gasteiger charge is 1.33. The molecule has 0 saturated carbocycles. The van der Waals surface area contributed by atoms with Gasteiger partial charge >= 0.3 is 0 Å². The van der Waals surface area contributed by atoms with Crippen molar-refractivity contribution in [3.8, 4) is 0 Å². The average molecular weight is 195 g/mol. The molecule has 12 heavy (non-hydrogen) atoms. The van der Waals surface area contributed by atoms with Gasteiger partial charge < -0.3 is 17.2 Å². The van der Waals surface area contributed by atoms with E-state index in [1.54, 1.807) is 0 Å². The molecule has 0 amide bonds. The number of halogens is 3. The zero-order chi connectivity index (χ0) is 8.12. The number of nitrogens with two attached hydrogens (primary N) is 3. The molecule has 0 aliphatic rings. The zero-order valence-corrected chi connectivity index (χ0v) is 8.08. The Morgan fingerprint density at radius 1 is 0.583 bits per heavy atom. The fourth-order valence-corrected chi connectivity index (χ4v) is 0. The summed E-state index contributed by atoms with van der Waals surface area (Å²) < 4.78 is 0. The number of rotatable bonds is 0. The van der Waals surface area contributed by atoms with Gasteiger partial charge in [-0.3, -0.25) is 14.1 Å². The van der Waals surface area contributed by atoms with Crippen molar-refractivity contribution in [3.05, 3.63) is 0 Å². The third-order valence-corrected chi connectivity index (χ3v) is 0. The largest absolute Gasteiger partial charge is 0.331 e. The highest BCUT2D eigenvalue weighted by molar-refractivity contribution is 4.00. The quantitative estimate of drug-likeness (QED) is 0.522. The Balaban J connectivity index is -0.00000001000. The smallest absolute Gasteiger partial charge is 0.0106 e. The topological polar surface area (TPSA) is 78.1 Å². The van der Waals surface area contributed by atoms with E-state index in [1.165, 1.54) is 0 Å². The predicted octanol–water partition coefficient (Wildman–Crippen LogP) is 0.352. The summed E-state index contributed by atoms with van der Waals surface area (Å²) in [5.74, 6) is 0. The van der Waals surface area contributed by atoms with Crippen LogP contribution in [0, 0.1) is 0 Å². The molecule has 0 aromatic rings. The Morgan fingerprint density at radius 2 is 0.583 bits per heavy atom. The van der Waals surface area contributed by atoms with Gasteiger partial charge in [0.15, 0.2) is 0 Å². The van der Waals surface area contributed by atoms with Crippen molar-refractivity contribution in [2.75, 3.05) is 19.6 Å². The lowest BCUT2D eigenvalue weighted by Gasteiger charge is -1.53. The molecule has 3 nitrogen and oxygen atoms in total. The predicted molar refractivity (Wildman–Crippen MR) is 51.7 cm³/mol. The maximum absolute atomic E-state index is 4.85. The van der Waals surface area contributed by atoms with Crippen LogP contribution < -0.4 is 17.2 Å². The van der Waals surface area contributed by atoms with E-state index in [4.69, 9.17) is 17.2 Å². The van der Waals surface area contributed by atoms with Crippen LogP contribution in [0.4, 0.5) is 14.1 Å². The molecule has 0 unspecified atom stereocenters. The lowest BCUT2D eigenvalue weighted by molar-refractivity contribution is 1.11. The second kappa shape index (κ2) is 140. The van der Waals surface area contributed by atoms with Crippen LogP contribution in [0.5, 0.6) is 0 Å². The molecule has 0 fully saturated rings. The van der Waals surface area contributed by atoms with Gasteiger partial charge in [0.1, 0.15) is 0 Å². The highest BCUT2D eigenvalue weighted by Crippen LogP contribution is 1.20. The van der Waals surface area contributed by atoms with Gasteiger partial charge in [-0.05, 0) is 19.6 Å². The molecule has 0 aliphatic carbocycles. The summed E-state index contributed by atoms with van der Waals surface area (Å²) in [5.41, 5.74) is 14.5. The molecule has 0 saturated heterocycles. The van der Waals surface area contributed by atoms with Crippen molar-refractivity contribution in [1.29, 1.82) is 0 Å². The van der Waals surface area contributed by atoms with Gasteiger partial charge in [0.25, 0.3) is 0 Å². The van der Waals surface area contributed by atoms with E-state index in [2.05, 4.69) is 0 Å². The molecule has 0 atom stereocenters. The molecule has 0 spiro atoms. The average Bonchev–Trinajstić information content (AvgIpc) is 1.70. The summed E-state index contributed by atoms with van der Waals surface area (Å²) in [5, 5.41) is 0. The molecule has 0 rings (SSSR count). The maximum Gasteiger partial charge on any atom is -0.0106 e. The fraction of sp³-hybridized carbons (Fsp3) is 1.00. The summed E-state index contributed by atoms with van der Waals surface area (Å²) in [6.45, 7) is 7.96. The second-order valence-electron chi connectivity index (χ2n) is 1.22. The molecule has 0 aromatic carbocycles. The molecule has 6 N–H and O–H groups in total. The van der Waals surface area contributed by atoms with Gasteiger partial charge in [0.2, 0.25) is 0 Å². The van der Waals surface area contributed by atoms with Gasteiger partial charge in [0, 0.05) is 0 Å². The Kier molecular flexibility index (Phi) is 482. The lowest BCUT2D eigenvalue weighted by atomic mass is 10.8.